The lowest BCUT2D eigenvalue weighted by Crippen LogP contribution is -2.49. The number of alkyl halides is 2. The largest absolute Gasteiger partial charge is 0.344 e. The van der Waals surface area contributed by atoms with Crippen LogP contribution in [0.25, 0.3) is 0 Å². The lowest BCUT2D eigenvalue weighted by Gasteiger charge is -2.25. The highest BCUT2D eigenvalue weighted by Gasteiger charge is 2.26. The lowest BCUT2D eigenvalue weighted by molar-refractivity contribution is 0.0925. The number of carbonyl (C=O) groups excluding carboxylic acids is 1. The molecule has 1 amide bonds. The van der Waals surface area contributed by atoms with Gasteiger partial charge in [0, 0.05) is 11.8 Å². The maximum atomic E-state index is 11.8. The highest BCUT2D eigenvalue weighted by molar-refractivity contribution is 7.12. The number of nitrogens with one attached hydrogen (secondary N) is 1. The van der Waals surface area contributed by atoms with E-state index < -0.39 is 5.54 Å². The van der Waals surface area contributed by atoms with Crippen molar-refractivity contribution in [2.24, 2.45) is 0 Å². The summed E-state index contributed by atoms with van der Waals surface area (Å²) in [7, 11) is 0. The SMILES string of the molecule is CC(CCl)(CCl)NC(=O)c1sccc1Cl. The Morgan fingerprint density at radius 1 is 1.53 bits per heavy atom. The first-order valence-electron chi connectivity index (χ1n) is 4.20. The van der Waals surface area contributed by atoms with E-state index in [1.165, 1.54) is 11.3 Å². The minimum atomic E-state index is -0.604. The number of amides is 1. The third-order valence-corrected chi connectivity index (χ3v) is 4.35. The van der Waals surface area contributed by atoms with Gasteiger partial charge in [0.05, 0.1) is 10.6 Å². The molecule has 0 saturated heterocycles. The molecule has 1 aromatic heterocycles. The summed E-state index contributed by atoms with van der Waals surface area (Å²) in [6.07, 6.45) is 0. The summed E-state index contributed by atoms with van der Waals surface area (Å²) in [5.74, 6) is 0.273. The molecule has 1 N–H and O–H groups in total. The van der Waals surface area contributed by atoms with E-state index in [2.05, 4.69) is 5.32 Å². The zero-order valence-corrected chi connectivity index (χ0v) is 11.1. The second-order valence-corrected chi connectivity index (χ2v) is 5.24. The van der Waals surface area contributed by atoms with Crippen LogP contribution in [-0.4, -0.2) is 23.2 Å². The summed E-state index contributed by atoms with van der Waals surface area (Å²) in [5, 5.41) is 4.97. The second kappa shape index (κ2) is 5.39. The van der Waals surface area contributed by atoms with Crippen molar-refractivity contribution in [3.63, 3.8) is 0 Å². The van der Waals surface area contributed by atoms with E-state index in [1.54, 1.807) is 18.4 Å². The van der Waals surface area contributed by atoms with E-state index in [0.717, 1.165) is 0 Å². The molecular formula is C9H10Cl3NOS. The summed E-state index contributed by atoms with van der Waals surface area (Å²) in [5.41, 5.74) is -0.604. The highest BCUT2D eigenvalue weighted by Crippen LogP contribution is 2.22. The zero-order chi connectivity index (χ0) is 11.5. The van der Waals surface area contributed by atoms with Gasteiger partial charge in [-0.25, -0.2) is 0 Å². The summed E-state index contributed by atoms with van der Waals surface area (Å²) in [6.45, 7) is 1.78. The van der Waals surface area contributed by atoms with Gasteiger partial charge in [-0.15, -0.1) is 34.5 Å². The third-order valence-electron chi connectivity index (χ3n) is 1.83. The normalized spacial score (nSPS) is 11.5. The second-order valence-electron chi connectivity index (χ2n) is 3.38. The predicted molar refractivity (Wildman–Crippen MR) is 66.6 cm³/mol. The number of hydrogen-bond acceptors (Lipinski definition) is 2. The van der Waals surface area contributed by atoms with Crippen LogP contribution in [0.4, 0.5) is 0 Å². The van der Waals surface area contributed by atoms with Gasteiger partial charge in [-0.05, 0) is 18.4 Å². The lowest BCUT2D eigenvalue weighted by atomic mass is 10.1. The fraction of sp³-hybridized carbons (Fsp3) is 0.444. The van der Waals surface area contributed by atoms with Crippen LogP contribution in [0.3, 0.4) is 0 Å². The van der Waals surface area contributed by atoms with E-state index in [0.29, 0.717) is 9.90 Å². The van der Waals surface area contributed by atoms with Crippen molar-refractivity contribution in [3.05, 3.63) is 21.3 Å². The van der Waals surface area contributed by atoms with E-state index in [4.69, 9.17) is 34.8 Å². The molecule has 1 heterocycles. The van der Waals surface area contributed by atoms with Crippen molar-refractivity contribution in [1.29, 1.82) is 0 Å². The number of rotatable bonds is 4. The van der Waals surface area contributed by atoms with Crippen molar-refractivity contribution in [3.8, 4) is 0 Å². The molecule has 0 aliphatic heterocycles. The van der Waals surface area contributed by atoms with E-state index in [-0.39, 0.29) is 17.7 Å². The van der Waals surface area contributed by atoms with Crippen LogP contribution >= 0.6 is 46.1 Å². The maximum absolute atomic E-state index is 11.8. The molecule has 0 fully saturated rings. The van der Waals surface area contributed by atoms with Crippen LogP contribution in [0.15, 0.2) is 11.4 Å². The van der Waals surface area contributed by atoms with Gasteiger partial charge >= 0.3 is 0 Å². The predicted octanol–water partition coefficient (Wildman–Crippen LogP) is 3.37. The molecule has 2 nitrogen and oxygen atoms in total. The molecule has 0 unspecified atom stereocenters. The molecule has 0 saturated carbocycles. The average Bonchev–Trinajstić information content (AvgIpc) is 2.64. The van der Waals surface area contributed by atoms with Gasteiger partial charge in [0.2, 0.25) is 0 Å². The third kappa shape index (κ3) is 3.25. The summed E-state index contributed by atoms with van der Waals surface area (Å²) >= 11 is 18.6. The zero-order valence-electron chi connectivity index (χ0n) is 8.02. The van der Waals surface area contributed by atoms with Crippen LogP contribution in [0.2, 0.25) is 5.02 Å². The molecule has 0 spiro atoms. The average molecular weight is 287 g/mol. The topological polar surface area (TPSA) is 29.1 Å². The fourth-order valence-corrected chi connectivity index (χ4v) is 2.34. The smallest absolute Gasteiger partial charge is 0.263 e. The number of thiophene rings is 1. The molecule has 6 heteroatoms. The molecule has 0 bridgehead atoms. The van der Waals surface area contributed by atoms with Crippen molar-refractivity contribution < 1.29 is 4.79 Å². The standard InChI is InChI=1S/C9H10Cl3NOS/c1-9(4-10,5-11)13-8(14)7-6(12)2-3-15-7/h2-3H,4-5H2,1H3,(H,13,14). The van der Waals surface area contributed by atoms with Crippen LogP contribution in [0.5, 0.6) is 0 Å². The summed E-state index contributed by atoms with van der Waals surface area (Å²) < 4.78 is 0. The molecule has 0 aliphatic rings. The van der Waals surface area contributed by atoms with Gasteiger partial charge in [0.1, 0.15) is 4.88 Å². The molecule has 1 rings (SSSR count). The van der Waals surface area contributed by atoms with Crippen molar-refractivity contribution in [2.45, 2.75) is 12.5 Å². The Morgan fingerprint density at radius 2 is 2.13 bits per heavy atom. The van der Waals surface area contributed by atoms with Crippen molar-refractivity contribution in [1.82, 2.24) is 5.32 Å². The molecule has 0 atom stereocenters. The van der Waals surface area contributed by atoms with Gasteiger partial charge in [-0.3, -0.25) is 4.79 Å². The Labute approximate surface area is 108 Å². The molecule has 0 aliphatic carbocycles. The van der Waals surface area contributed by atoms with Gasteiger partial charge in [-0.1, -0.05) is 11.6 Å². The maximum Gasteiger partial charge on any atom is 0.263 e. The number of carbonyl (C=O) groups is 1. The molecule has 1 aromatic rings. The Kier molecular flexibility index (Phi) is 4.71. The first kappa shape index (κ1) is 13.1. The van der Waals surface area contributed by atoms with Gasteiger partial charge in [0.25, 0.3) is 5.91 Å². The van der Waals surface area contributed by atoms with Gasteiger partial charge < -0.3 is 5.32 Å². The monoisotopic (exact) mass is 285 g/mol. The van der Waals surface area contributed by atoms with Gasteiger partial charge in [0.15, 0.2) is 0 Å². The van der Waals surface area contributed by atoms with Crippen molar-refractivity contribution >= 4 is 52.0 Å². The number of hydrogen-bond donors (Lipinski definition) is 1. The number of halogens is 3. The molecule has 0 aromatic carbocycles. The van der Waals surface area contributed by atoms with E-state index >= 15 is 0 Å². The highest BCUT2D eigenvalue weighted by atomic mass is 35.5. The Hall–Kier alpha value is 0.0400. The Bertz CT molecular complexity index is 349. The molecule has 84 valence electrons. The van der Waals surface area contributed by atoms with Crippen LogP contribution < -0.4 is 5.32 Å². The molecule has 15 heavy (non-hydrogen) atoms. The fourth-order valence-electron chi connectivity index (χ4n) is 0.889. The quantitative estimate of drug-likeness (QED) is 0.845. The minimum Gasteiger partial charge on any atom is -0.344 e. The Balaban J connectivity index is 2.76. The van der Waals surface area contributed by atoms with Crippen LogP contribution in [0.1, 0.15) is 16.6 Å². The van der Waals surface area contributed by atoms with Crippen molar-refractivity contribution in [2.75, 3.05) is 11.8 Å². The molecule has 0 radical (unpaired) electrons. The van der Waals surface area contributed by atoms with Crippen LogP contribution in [-0.2, 0) is 0 Å². The first-order valence-corrected chi connectivity index (χ1v) is 6.52. The molecular weight excluding hydrogens is 277 g/mol. The first-order chi connectivity index (χ1) is 7.02. The van der Waals surface area contributed by atoms with Crippen LogP contribution in [0, 0.1) is 0 Å². The summed E-state index contributed by atoms with van der Waals surface area (Å²) in [6, 6.07) is 1.68. The van der Waals surface area contributed by atoms with E-state index in [1.807, 2.05) is 0 Å². The van der Waals surface area contributed by atoms with Gasteiger partial charge in [-0.2, -0.15) is 0 Å². The Morgan fingerprint density at radius 3 is 2.53 bits per heavy atom. The summed E-state index contributed by atoms with van der Waals surface area (Å²) in [4.78, 5) is 12.2. The van der Waals surface area contributed by atoms with E-state index in [9.17, 15) is 4.79 Å². The minimum absolute atomic E-state index is 0.237.